The lowest BCUT2D eigenvalue weighted by Gasteiger charge is -2.17. The Bertz CT molecular complexity index is 533. The van der Waals surface area contributed by atoms with E-state index >= 15 is 0 Å². The molecule has 1 unspecified atom stereocenters. The third-order valence-electron chi connectivity index (χ3n) is 2.91. The zero-order valence-electron chi connectivity index (χ0n) is 10.2. The Morgan fingerprint density at radius 3 is 2.94 bits per heavy atom. The molecule has 0 saturated heterocycles. The van der Waals surface area contributed by atoms with Crippen LogP contribution in [0.15, 0.2) is 29.0 Å². The predicted octanol–water partition coefficient (Wildman–Crippen LogP) is 2.97. The topological polar surface area (TPSA) is 58.0 Å². The van der Waals surface area contributed by atoms with E-state index in [0.717, 1.165) is 34.0 Å². The number of fused-ring (bicyclic) bond motifs is 1. The zero-order valence-corrected chi connectivity index (χ0v) is 11.8. The summed E-state index contributed by atoms with van der Waals surface area (Å²) >= 11 is 3.46. The molecule has 0 aliphatic carbocycles. The van der Waals surface area contributed by atoms with Crippen LogP contribution in [-0.4, -0.2) is 27.7 Å². The lowest BCUT2D eigenvalue weighted by Crippen LogP contribution is -2.20. The van der Waals surface area contributed by atoms with Gasteiger partial charge in [-0.2, -0.15) is 0 Å². The molecule has 0 bridgehead atoms. The van der Waals surface area contributed by atoms with E-state index in [0.29, 0.717) is 0 Å². The maximum Gasteiger partial charge on any atom is 0.137 e. The van der Waals surface area contributed by atoms with Gasteiger partial charge in [0.25, 0.3) is 0 Å². The highest BCUT2D eigenvalue weighted by atomic mass is 79.9. The molecule has 2 N–H and O–H groups in total. The maximum atomic E-state index is 9.02. The van der Waals surface area contributed by atoms with Crippen molar-refractivity contribution in [2.45, 2.75) is 25.8 Å². The molecular formula is C13H16BrN3O. The highest BCUT2D eigenvalue weighted by Crippen LogP contribution is 2.24. The van der Waals surface area contributed by atoms with Crippen LogP contribution in [0.5, 0.6) is 0 Å². The van der Waals surface area contributed by atoms with Crippen molar-refractivity contribution in [3.63, 3.8) is 0 Å². The van der Waals surface area contributed by atoms with Crippen molar-refractivity contribution >= 4 is 32.7 Å². The van der Waals surface area contributed by atoms with Gasteiger partial charge in [0.1, 0.15) is 12.1 Å². The fraction of sp³-hybridized carbons (Fsp3) is 0.385. The SMILES string of the molecule is CCC(CCO)Nc1ncnc2ccc(Br)cc12. The molecule has 0 fully saturated rings. The normalized spacial score (nSPS) is 12.6. The van der Waals surface area contributed by atoms with Crippen LogP contribution in [0.4, 0.5) is 5.82 Å². The first-order valence-electron chi connectivity index (χ1n) is 6.02. The Kier molecular flexibility index (Phi) is 4.49. The number of benzene rings is 1. The van der Waals surface area contributed by atoms with Crippen LogP contribution in [0.2, 0.25) is 0 Å². The first kappa shape index (κ1) is 13.2. The molecule has 1 aromatic carbocycles. The van der Waals surface area contributed by atoms with Crippen molar-refractivity contribution < 1.29 is 5.11 Å². The minimum Gasteiger partial charge on any atom is -0.396 e. The summed E-state index contributed by atoms with van der Waals surface area (Å²) in [5.41, 5.74) is 0.912. The van der Waals surface area contributed by atoms with E-state index in [2.05, 4.69) is 38.1 Å². The molecule has 2 rings (SSSR count). The van der Waals surface area contributed by atoms with Crippen LogP contribution in [0, 0.1) is 0 Å². The van der Waals surface area contributed by atoms with Gasteiger partial charge in [0.2, 0.25) is 0 Å². The van der Waals surface area contributed by atoms with Gasteiger partial charge in [-0.1, -0.05) is 22.9 Å². The van der Waals surface area contributed by atoms with Gasteiger partial charge in [-0.3, -0.25) is 0 Å². The van der Waals surface area contributed by atoms with E-state index < -0.39 is 0 Å². The lowest BCUT2D eigenvalue weighted by molar-refractivity contribution is 0.278. The van der Waals surface area contributed by atoms with Crippen LogP contribution >= 0.6 is 15.9 Å². The molecule has 4 nitrogen and oxygen atoms in total. The van der Waals surface area contributed by atoms with Gasteiger partial charge < -0.3 is 10.4 Å². The van der Waals surface area contributed by atoms with E-state index in [-0.39, 0.29) is 12.6 Å². The summed E-state index contributed by atoms with van der Waals surface area (Å²) in [5.74, 6) is 0.821. The Morgan fingerprint density at radius 1 is 1.39 bits per heavy atom. The minimum absolute atomic E-state index is 0.179. The second-order valence-corrected chi connectivity index (χ2v) is 5.06. The van der Waals surface area contributed by atoms with Crippen molar-refractivity contribution in [1.29, 1.82) is 0 Å². The molecule has 0 spiro atoms. The minimum atomic E-state index is 0.179. The summed E-state index contributed by atoms with van der Waals surface area (Å²) in [6, 6.07) is 6.15. The van der Waals surface area contributed by atoms with Crippen LogP contribution in [0.1, 0.15) is 19.8 Å². The standard InChI is InChI=1S/C13H16BrN3O/c1-2-10(5-6-18)17-13-11-7-9(14)3-4-12(11)15-8-16-13/h3-4,7-8,10,18H,2,5-6H2,1H3,(H,15,16,17). The quantitative estimate of drug-likeness (QED) is 0.891. The Balaban J connectivity index is 2.34. The Morgan fingerprint density at radius 2 is 2.22 bits per heavy atom. The average Bonchev–Trinajstić information content (AvgIpc) is 2.38. The average molecular weight is 310 g/mol. The smallest absolute Gasteiger partial charge is 0.137 e. The zero-order chi connectivity index (χ0) is 13.0. The summed E-state index contributed by atoms with van der Waals surface area (Å²) in [6.45, 7) is 2.27. The molecule has 96 valence electrons. The fourth-order valence-electron chi connectivity index (χ4n) is 1.87. The fourth-order valence-corrected chi connectivity index (χ4v) is 2.23. The number of aromatic nitrogens is 2. The first-order valence-corrected chi connectivity index (χ1v) is 6.81. The van der Waals surface area contributed by atoms with Gasteiger partial charge in [0.05, 0.1) is 5.52 Å². The third-order valence-corrected chi connectivity index (χ3v) is 3.40. The molecule has 1 atom stereocenters. The van der Waals surface area contributed by atoms with Gasteiger partial charge in [0, 0.05) is 22.5 Å². The number of nitrogens with zero attached hydrogens (tertiary/aromatic N) is 2. The van der Waals surface area contributed by atoms with Crippen molar-refractivity contribution in [2.24, 2.45) is 0 Å². The van der Waals surface area contributed by atoms with E-state index in [4.69, 9.17) is 5.11 Å². The van der Waals surface area contributed by atoms with E-state index in [1.165, 1.54) is 0 Å². The number of aliphatic hydroxyl groups is 1. The summed E-state index contributed by atoms with van der Waals surface area (Å²) < 4.78 is 1.00. The molecule has 0 saturated carbocycles. The number of anilines is 1. The number of aliphatic hydroxyl groups excluding tert-OH is 1. The summed E-state index contributed by atoms with van der Waals surface area (Å²) in [5, 5.41) is 13.4. The highest BCUT2D eigenvalue weighted by molar-refractivity contribution is 9.10. The molecule has 1 aromatic heterocycles. The number of hydrogen-bond donors (Lipinski definition) is 2. The van der Waals surface area contributed by atoms with Crippen LogP contribution in [0.25, 0.3) is 10.9 Å². The molecule has 0 aliphatic heterocycles. The van der Waals surface area contributed by atoms with Gasteiger partial charge in [0.15, 0.2) is 0 Å². The van der Waals surface area contributed by atoms with E-state index in [1.807, 2.05) is 18.2 Å². The van der Waals surface area contributed by atoms with Gasteiger partial charge in [-0.05, 0) is 31.0 Å². The van der Waals surface area contributed by atoms with Crippen LogP contribution in [0.3, 0.4) is 0 Å². The summed E-state index contributed by atoms with van der Waals surface area (Å²) in [7, 11) is 0. The lowest BCUT2D eigenvalue weighted by atomic mass is 10.1. The second kappa shape index (κ2) is 6.11. The van der Waals surface area contributed by atoms with E-state index in [9.17, 15) is 0 Å². The molecule has 0 aliphatic rings. The van der Waals surface area contributed by atoms with Gasteiger partial charge in [-0.15, -0.1) is 0 Å². The Hall–Kier alpha value is -1.20. The molecule has 18 heavy (non-hydrogen) atoms. The highest BCUT2D eigenvalue weighted by Gasteiger charge is 2.09. The van der Waals surface area contributed by atoms with Crippen LogP contribution in [-0.2, 0) is 0 Å². The molecule has 0 amide bonds. The van der Waals surface area contributed by atoms with Gasteiger partial charge in [-0.25, -0.2) is 9.97 Å². The second-order valence-electron chi connectivity index (χ2n) is 4.15. The maximum absolute atomic E-state index is 9.02. The molecular weight excluding hydrogens is 294 g/mol. The summed E-state index contributed by atoms with van der Waals surface area (Å²) in [6.07, 6.45) is 3.22. The van der Waals surface area contributed by atoms with Crippen molar-refractivity contribution in [3.05, 3.63) is 29.0 Å². The van der Waals surface area contributed by atoms with Crippen LogP contribution < -0.4 is 5.32 Å². The number of hydrogen-bond acceptors (Lipinski definition) is 4. The van der Waals surface area contributed by atoms with E-state index in [1.54, 1.807) is 6.33 Å². The monoisotopic (exact) mass is 309 g/mol. The molecule has 2 aromatic rings. The molecule has 0 radical (unpaired) electrons. The number of halogens is 1. The number of nitrogens with one attached hydrogen (secondary N) is 1. The Labute approximate surface area is 115 Å². The first-order chi connectivity index (χ1) is 8.74. The van der Waals surface area contributed by atoms with Crippen molar-refractivity contribution in [2.75, 3.05) is 11.9 Å². The molecule has 5 heteroatoms. The number of rotatable bonds is 5. The largest absolute Gasteiger partial charge is 0.396 e. The van der Waals surface area contributed by atoms with Crippen molar-refractivity contribution in [1.82, 2.24) is 9.97 Å². The predicted molar refractivity (Wildman–Crippen MR) is 76.6 cm³/mol. The molecule has 1 heterocycles. The third kappa shape index (κ3) is 2.97. The van der Waals surface area contributed by atoms with Gasteiger partial charge >= 0.3 is 0 Å². The summed E-state index contributed by atoms with van der Waals surface area (Å²) in [4.78, 5) is 8.53. The van der Waals surface area contributed by atoms with Crippen molar-refractivity contribution in [3.8, 4) is 0 Å².